The molecule has 1 aliphatic heterocycles. The first kappa shape index (κ1) is 21.9. The van der Waals surface area contributed by atoms with E-state index >= 15 is 0 Å². The van der Waals surface area contributed by atoms with Crippen molar-refractivity contribution in [2.45, 2.75) is 38.0 Å². The van der Waals surface area contributed by atoms with Gasteiger partial charge in [0.2, 0.25) is 15.9 Å². The van der Waals surface area contributed by atoms with Crippen LogP contribution in [0.15, 0.2) is 29.2 Å². The molecule has 1 amide bonds. The Kier molecular flexibility index (Phi) is 8.85. The summed E-state index contributed by atoms with van der Waals surface area (Å²) >= 11 is 0. The number of carbonyl (C=O) groups is 1. The zero-order chi connectivity index (χ0) is 17.6. The van der Waals surface area contributed by atoms with Gasteiger partial charge in [0.25, 0.3) is 0 Å². The van der Waals surface area contributed by atoms with Crippen molar-refractivity contribution in [1.29, 1.82) is 0 Å². The molecule has 0 unspecified atom stereocenters. The fourth-order valence-corrected chi connectivity index (χ4v) is 4.28. The predicted molar refractivity (Wildman–Crippen MR) is 103 cm³/mol. The molecule has 0 radical (unpaired) electrons. The highest BCUT2D eigenvalue weighted by Crippen LogP contribution is 2.24. The number of sulfonamides is 1. The van der Waals surface area contributed by atoms with Crippen LogP contribution in [0.3, 0.4) is 0 Å². The normalized spacial score (nSPS) is 16.2. The molecule has 6 nitrogen and oxygen atoms in total. The van der Waals surface area contributed by atoms with Crippen LogP contribution in [0.1, 0.15) is 33.1 Å². The summed E-state index contributed by atoms with van der Waals surface area (Å²) in [6, 6.07) is 6.40. The molecule has 0 atom stereocenters. The van der Waals surface area contributed by atoms with E-state index in [0.29, 0.717) is 31.1 Å². The summed E-state index contributed by atoms with van der Waals surface area (Å²) < 4.78 is 27.0. The summed E-state index contributed by atoms with van der Waals surface area (Å²) in [6.45, 7) is 6.87. The van der Waals surface area contributed by atoms with Crippen molar-refractivity contribution >= 4 is 34.0 Å². The van der Waals surface area contributed by atoms with Gasteiger partial charge in [-0.1, -0.05) is 13.8 Å². The summed E-state index contributed by atoms with van der Waals surface area (Å²) in [5.74, 6) is 0.455. The number of benzene rings is 1. The quantitative estimate of drug-likeness (QED) is 0.750. The molecule has 2 rings (SSSR count). The lowest BCUT2D eigenvalue weighted by atomic mass is 9.98. The average Bonchev–Trinajstić information content (AvgIpc) is 2.60. The van der Waals surface area contributed by atoms with Gasteiger partial charge in [0.15, 0.2) is 0 Å². The first-order valence-corrected chi connectivity index (χ1v) is 10.0. The van der Waals surface area contributed by atoms with Gasteiger partial charge in [-0.3, -0.25) is 4.79 Å². The van der Waals surface area contributed by atoms with E-state index < -0.39 is 10.0 Å². The SMILES string of the molecule is CCNCC1CCN(S(=O)(=O)c2ccc(NC(=O)CC)cc2)CC1.Cl. The van der Waals surface area contributed by atoms with Crippen LogP contribution in [0.2, 0.25) is 0 Å². The van der Waals surface area contributed by atoms with Crippen molar-refractivity contribution in [3.63, 3.8) is 0 Å². The van der Waals surface area contributed by atoms with Crippen LogP contribution in [0.5, 0.6) is 0 Å². The topological polar surface area (TPSA) is 78.5 Å². The summed E-state index contributed by atoms with van der Waals surface area (Å²) in [7, 11) is -3.46. The molecule has 142 valence electrons. The predicted octanol–water partition coefficient (Wildman–Crippen LogP) is 2.47. The minimum absolute atomic E-state index is 0. The summed E-state index contributed by atoms with van der Waals surface area (Å²) in [5, 5.41) is 6.05. The van der Waals surface area contributed by atoms with Crippen LogP contribution < -0.4 is 10.6 Å². The lowest BCUT2D eigenvalue weighted by Gasteiger charge is -2.31. The van der Waals surface area contributed by atoms with E-state index in [4.69, 9.17) is 0 Å². The van der Waals surface area contributed by atoms with Crippen LogP contribution in [0.25, 0.3) is 0 Å². The van der Waals surface area contributed by atoms with Crippen molar-refractivity contribution in [1.82, 2.24) is 9.62 Å². The van der Waals surface area contributed by atoms with Gasteiger partial charge in [0.05, 0.1) is 4.90 Å². The molecule has 2 N–H and O–H groups in total. The minimum Gasteiger partial charge on any atom is -0.326 e. The summed E-state index contributed by atoms with van der Waals surface area (Å²) in [6.07, 6.45) is 2.16. The second-order valence-corrected chi connectivity index (χ2v) is 8.02. The van der Waals surface area contributed by atoms with E-state index in [2.05, 4.69) is 17.6 Å². The molecule has 0 saturated carbocycles. The Morgan fingerprint density at radius 3 is 2.28 bits per heavy atom. The minimum atomic E-state index is -3.46. The number of nitrogens with zero attached hydrogens (tertiary/aromatic N) is 1. The third-order valence-corrected chi connectivity index (χ3v) is 6.27. The van der Waals surface area contributed by atoms with E-state index in [0.717, 1.165) is 25.9 Å². The zero-order valence-corrected chi connectivity index (χ0v) is 16.5. The molecule has 0 aromatic heterocycles. The van der Waals surface area contributed by atoms with Gasteiger partial charge < -0.3 is 10.6 Å². The molecule has 1 aromatic carbocycles. The van der Waals surface area contributed by atoms with Gasteiger partial charge in [0, 0.05) is 25.2 Å². The van der Waals surface area contributed by atoms with E-state index in [9.17, 15) is 13.2 Å². The number of piperidine rings is 1. The fraction of sp³-hybridized carbons (Fsp3) is 0.588. The molecule has 1 saturated heterocycles. The van der Waals surface area contributed by atoms with Crippen molar-refractivity contribution in [3.05, 3.63) is 24.3 Å². The van der Waals surface area contributed by atoms with Crippen molar-refractivity contribution in [2.75, 3.05) is 31.5 Å². The maximum atomic E-state index is 12.7. The van der Waals surface area contributed by atoms with Gasteiger partial charge in [0.1, 0.15) is 0 Å². The highest BCUT2D eigenvalue weighted by atomic mass is 35.5. The van der Waals surface area contributed by atoms with Crippen LogP contribution in [0.4, 0.5) is 5.69 Å². The van der Waals surface area contributed by atoms with E-state index in [-0.39, 0.29) is 23.2 Å². The number of halogens is 1. The van der Waals surface area contributed by atoms with Crippen LogP contribution in [-0.2, 0) is 14.8 Å². The Morgan fingerprint density at radius 1 is 1.16 bits per heavy atom. The molecule has 1 heterocycles. The van der Waals surface area contributed by atoms with Gasteiger partial charge >= 0.3 is 0 Å². The molecular formula is C17H28ClN3O3S. The first-order valence-electron chi connectivity index (χ1n) is 8.58. The number of hydrogen-bond donors (Lipinski definition) is 2. The van der Waals surface area contributed by atoms with Crippen LogP contribution in [0, 0.1) is 5.92 Å². The smallest absolute Gasteiger partial charge is 0.243 e. The van der Waals surface area contributed by atoms with Gasteiger partial charge in [-0.15, -0.1) is 12.4 Å². The molecule has 8 heteroatoms. The maximum Gasteiger partial charge on any atom is 0.243 e. The Labute approximate surface area is 156 Å². The number of hydrogen-bond acceptors (Lipinski definition) is 4. The third kappa shape index (κ3) is 5.95. The van der Waals surface area contributed by atoms with E-state index in [1.54, 1.807) is 35.5 Å². The Hall–Kier alpha value is -1.15. The summed E-state index contributed by atoms with van der Waals surface area (Å²) in [4.78, 5) is 11.7. The lowest BCUT2D eigenvalue weighted by molar-refractivity contribution is -0.115. The first-order chi connectivity index (χ1) is 11.5. The van der Waals surface area contributed by atoms with E-state index in [1.165, 1.54) is 0 Å². The van der Waals surface area contributed by atoms with Gasteiger partial charge in [-0.05, 0) is 56.1 Å². The van der Waals surface area contributed by atoms with Gasteiger partial charge in [-0.25, -0.2) is 8.42 Å². The number of carbonyl (C=O) groups excluding carboxylic acids is 1. The number of amides is 1. The van der Waals surface area contributed by atoms with Gasteiger partial charge in [-0.2, -0.15) is 4.31 Å². The number of anilines is 1. The Bertz CT molecular complexity index is 642. The molecule has 0 spiro atoms. The fourth-order valence-electron chi connectivity index (χ4n) is 2.81. The van der Waals surface area contributed by atoms with Crippen molar-refractivity contribution in [3.8, 4) is 0 Å². The molecule has 1 aromatic rings. The maximum absolute atomic E-state index is 12.7. The van der Waals surface area contributed by atoms with E-state index in [1.807, 2.05) is 0 Å². The average molecular weight is 390 g/mol. The Balaban J connectivity index is 0.00000312. The van der Waals surface area contributed by atoms with Crippen LogP contribution in [-0.4, -0.2) is 44.8 Å². The molecule has 1 aliphatic rings. The van der Waals surface area contributed by atoms with Crippen LogP contribution >= 0.6 is 12.4 Å². The molecule has 1 fully saturated rings. The number of nitrogens with one attached hydrogen (secondary N) is 2. The molecule has 0 aliphatic carbocycles. The summed E-state index contributed by atoms with van der Waals surface area (Å²) in [5.41, 5.74) is 0.616. The zero-order valence-electron chi connectivity index (χ0n) is 14.8. The Morgan fingerprint density at radius 2 is 1.76 bits per heavy atom. The third-order valence-electron chi connectivity index (χ3n) is 4.35. The number of rotatable bonds is 7. The largest absolute Gasteiger partial charge is 0.326 e. The monoisotopic (exact) mass is 389 g/mol. The second-order valence-electron chi connectivity index (χ2n) is 6.08. The molecule has 25 heavy (non-hydrogen) atoms. The molecular weight excluding hydrogens is 362 g/mol. The highest BCUT2D eigenvalue weighted by molar-refractivity contribution is 7.89. The standard InChI is InChI=1S/C17H27N3O3S.ClH/c1-3-17(21)19-15-5-7-16(8-6-15)24(22,23)20-11-9-14(10-12-20)13-18-4-2;/h5-8,14,18H,3-4,9-13H2,1-2H3,(H,19,21);1H. The second kappa shape index (κ2) is 10.1. The molecule has 0 bridgehead atoms. The lowest BCUT2D eigenvalue weighted by Crippen LogP contribution is -2.40. The highest BCUT2D eigenvalue weighted by Gasteiger charge is 2.29. The van der Waals surface area contributed by atoms with Crippen molar-refractivity contribution in [2.24, 2.45) is 5.92 Å². The van der Waals surface area contributed by atoms with Crippen molar-refractivity contribution < 1.29 is 13.2 Å².